The monoisotopic (exact) mass is 296 g/mol. The SMILES string of the molecule is COc1ccc(N2CC(=O)N(C)c3ccccc3C2=O)cc1. The van der Waals surface area contributed by atoms with Crippen LogP contribution in [-0.2, 0) is 4.79 Å². The van der Waals surface area contributed by atoms with E-state index < -0.39 is 0 Å². The highest BCUT2D eigenvalue weighted by molar-refractivity contribution is 6.17. The molecule has 2 amide bonds. The number of amides is 2. The lowest BCUT2D eigenvalue weighted by Gasteiger charge is -2.20. The van der Waals surface area contributed by atoms with E-state index in [9.17, 15) is 9.59 Å². The fraction of sp³-hybridized carbons (Fsp3) is 0.176. The minimum absolute atomic E-state index is 0.0103. The number of likely N-dealkylation sites (N-methyl/N-ethyl adjacent to an activating group) is 1. The van der Waals surface area contributed by atoms with Crippen LogP contribution in [0.4, 0.5) is 11.4 Å². The molecule has 0 fully saturated rings. The molecule has 2 aromatic rings. The number of hydrogen-bond acceptors (Lipinski definition) is 3. The van der Waals surface area contributed by atoms with Crippen molar-refractivity contribution >= 4 is 23.2 Å². The van der Waals surface area contributed by atoms with Gasteiger partial charge in [0.15, 0.2) is 0 Å². The Morgan fingerprint density at radius 3 is 2.36 bits per heavy atom. The van der Waals surface area contributed by atoms with E-state index in [0.717, 1.165) is 0 Å². The lowest BCUT2D eigenvalue weighted by atomic mass is 10.1. The van der Waals surface area contributed by atoms with Crippen molar-refractivity contribution in [3.8, 4) is 5.75 Å². The highest BCUT2D eigenvalue weighted by Crippen LogP contribution is 2.28. The number of para-hydroxylation sites is 1. The van der Waals surface area contributed by atoms with E-state index in [2.05, 4.69) is 0 Å². The number of ether oxygens (including phenoxy) is 1. The predicted molar refractivity (Wildman–Crippen MR) is 84.5 cm³/mol. The normalized spacial score (nSPS) is 14.6. The lowest BCUT2D eigenvalue weighted by molar-refractivity contribution is -0.116. The van der Waals surface area contributed by atoms with Gasteiger partial charge in [-0.2, -0.15) is 0 Å². The van der Waals surface area contributed by atoms with Crippen LogP contribution in [0.15, 0.2) is 48.5 Å². The fourth-order valence-corrected chi connectivity index (χ4v) is 2.51. The number of carbonyl (C=O) groups is 2. The first kappa shape index (κ1) is 14.1. The maximum absolute atomic E-state index is 12.8. The fourth-order valence-electron chi connectivity index (χ4n) is 2.51. The lowest BCUT2D eigenvalue weighted by Crippen LogP contribution is -2.37. The van der Waals surface area contributed by atoms with Crippen molar-refractivity contribution in [2.75, 3.05) is 30.5 Å². The minimum atomic E-state index is -0.182. The third-order valence-electron chi connectivity index (χ3n) is 3.79. The summed E-state index contributed by atoms with van der Waals surface area (Å²) in [5.41, 5.74) is 1.82. The molecule has 0 bridgehead atoms. The zero-order valence-electron chi connectivity index (χ0n) is 12.4. The van der Waals surface area contributed by atoms with Crippen molar-refractivity contribution in [1.29, 1.82) is 0 Å². The van der Waals surface area contributed by atoms with Crippen LogP contribution in [0.5, 0.6) is 5.75 Å². The number of anilines is 2. The van der Waals surface area contributed by atoms with Crippen LogP contribution in [-0.4, -0.2) is 32.5 Å². The highest BCUT2D eigenvalue weighted by atomic mass is 16.5. The van der Waals surface area contributed by atoms with E-state index in [-0.39, 0.29) is 18.4 Å². The molecule has 0 unspecified atom stereocenters. The highest BCUT2D eigenvalue weighted by Gasteiger charge is 2.30. The zero-order valence-corrected chi connectivity index (χ0v) is 12.4. The number of carbonyl (C=O) groups excluding carboxylic acids is 2. The first-order valence-corrected chi connectivity index (χ1v) is 6.93. The maximum atomic E-state index is 12.8. The molecule has 2 aromatic carbocycles. The average Bonchev–Trinajstić information content (AvgIpc) is 2.66. The standard InChI is InChI=1S/C17H16N2O3/c1-18-15-6-4-3-5-14(15)17(21)19(11-16(18)20)12-7-9-13(22-2)10-8-12/h3-10H,11H2,1-2H3. The topological polar surface area (TPSA) is 49.9 Å². The number of benzene rings is 2. The Balaban J connectivity index is 2.05. The smallest absolute Gasteiger partial charge is 0.260 e. The molecular formula is C17H16N2O3. The molecule has 0 saturated carbocycles. The molecule has 0 aromatic heterocycles. The van der Waals surface area contributed by atoms with Gasteiger partial charge in [0.2, 0.25) is 5.91 Å². The third kappa shape index (κ3) is 2.30. The Hall–Kier alpha value is -2.82. The van der Waals surface area contributed by atoms with Crippen molar-refractivity contribution in [3.05, 3.63) is 54.1 Å². The van der Waals surface area contributed by atoms with Gasteiger partial charge in [0, 0.05) is 12.7 Å². The Bertz CT molecular complexity index is 725. The molecule has 1 aliphatic rings. The largest absolute Gasteiger partial charge is 0.497 e. The van der Waals surface area contributed by atoms with E-state index in [1.165, 1.54) is 9.80 Å². The van der Waals surface area contributed by atoms with Crippen LogP contribution in [0.3, 0.4) is 0 Å². The molecule has 0 spiro atoms. The number of hydrogen-bond donors (Lipinski definition) is 0. The molecule has 0 saturated heterocycles. The second-order valence-electron chi connectivity index (χ2n) is 5.06. The molecule has 1 aliphatic heterocycles. The van der Waals surface area contributed by atoms with Crippen molar-refractivity contribution in [3.63, 3.8) is 0 Å². The van der Waals surface area contributed by atoms with Crippen molar-refractivity contribution in [1.82, 2.24) is 0 Å². The summed E-state index contributed by atoms with van der Waals surface area (Å²) in [5.74, 6) is 0.391. The van der Waals surface area contributed by atoms with E-state index in [4.69, 9.17) is 4.74 Å². The van der Waals surface area contributed by atoms with Crippen molar-refractivity contribution < 1.29 is 14.3 Å². The summed E-state index contributed by atoms with van der Waals surface area (Å²) in [7, 11) is 3.27. The van der Waals surface area contributed by atoms with Gasteiger partial charge >= 0.3 is 0 Å². The number of fused-ring (bicyclic) bond motifs is 1. The van der Waals surface area contributed by atoms with Crippen LogP contribution in [0.2, 0.25) is 0 Å². The second-order valence-corrected chi connectivity index (χ2v) is 5.06. The first-order chi connectivity index (χ1) is 10.6. The van der Waals surface area contributed by atoms with E-state index in [1.807, 2.05) is 6.07 Å². The number of rotatable bonds is 2. The van der Waals surface area contributed by atoms with E-state index in [0.29, 0.717) is 22.7 Å². The first-order valence-electron chi connectivity index (χ1n) is 6.93. The van der Waals surface area contributed by atoms with Crippen LogP contribution in [0, 0.1) is 0 Å². The van der Waals surface area contributed by atoms with E-state index >= 15 is 0 Å². The Kier molecular flexibility index (Phi) is 3.55. The molecule has 0 N–H and O–H groups in total. The molecule has 0 radical (unpaired) electrons. The number of methoxy groups -OCH3 is 1. The summed E-state index contributed by atoms with van der Waals surface area (Å²) in [4.78, 5) is 28.1. The molecule has 1 heterocycles. The van der Waals surface area contributed by atoms with Crippen LogP contribution in [0.25, 0.3) is 0 Å². The van der Waals surface area contributed by atoms with Gasteiger partial charge in [-0.3, -0.25) is 14.5 Å². The van der Waals surface area contributed by atoms with Gasteiger partial charge in [-0.05, 0) is 36.4 Å². The van der Waals surface area contributed by atoms with Gasteiger partial charge in [0.1, 0.15) is 12.3 Å². The summed E-state index contributed by atoms with van der Waals surface area (Å²) in [6.45, 7) is 0.0103. The molecule has 5 nitrogen and oxygen atoms in total. The minimum Gasteiger partial charge on any atom is -0.497 e. The van der Waals surface area contributed by atoms with Crippen molar-refractivity contribution in [2.45, 2.75) is 0 Å². The molecule has 112 valence electrons. The average molecular weight is 296 g/mol. The summed E-state index contributed by atoms with van der Waals surface area (Å²) in [6, 6.07) is 14.2. The van der Waals surface area contributed by atoms with Crippen molar-refractivity contribution in [2.24, 2.45) is 0 Å². The quantitative estimate of drug-likeness (QED) is 0.854. The summed E-state index contributed by atoms with van der Waals surface area (Å²) in [5, 5.41) is 0. The zero-order chi connectivity index (χ0) is 15.7. The molecular weight excluding hydrogens is 280 g/mol. The van der Waals surface area contributed by atoms with Crippen LogP contribution >= 0.6 is 0 Å². The second kappa shape index (κ2) is 5.52. The summed E-state index contributed by atoms with van der Waals surface area (Å²) < 4.78 is 5.12. The predicted octanol–water partition coefficient (Wildman–Crippen LogP) is 2.32. The molecule has 0 aliphatic carbocycles. The van der Waals surface area contributed by atoms with Gasteiger partial charge in [-0.1, -0.05) is 12.1 Å². The van der Waals surface area contributed by atoms with Gasteiger partial charge in [-0.25, -0.2) is 0 Å². The van der Waals surface area contributed by atoms with E-state index in [1.54, 1.807) is 56.6 Å². The van der Waals surface area contributed by atoms with Gasteiger partial charge in [0.25, 0.3) is 5.91 Å². The summed E-state index contributed by atoms with van der Waals surface area (Å²) >= 11 is 0. The van der Waals surface area contributed by atoms with Gasteiger partial charge < -0.3 is 9.64 Å². The Morgan fingerprint density at radius 1 is 1.00 bits per heavy atom. The molecule has 3 rings (SSSR count). The molecule has 22 heavy (non-hydrogen) atoms. The number of nitrogens with zero attached hydrogens (tertiary/aromatic N) is 2. The van der Waals surface area contributed by atoms with Gasteiger partial charge in [0.05, 0.1) is 18.4 Å². The van der Waals surface area contributed by atoms with Crippen LogP contribution < -0.4 is 14.5 Å². The maximum Gasteiger partial charge on any atom is 0.260 e. The Morgan fingerprint density at radius 2 is 1.68 bits per heavy atom. The third-order valence-corrected chi connectivity index (χ3v) is 3.79. The van der Waals surface area contributed by atoms with Crippen LogP contribution in [0.1, 0.15) is 10.4 Å². The molecule has 0 atom stereocenters. The Labute approximate surface area is 128 Å². The van der Waals surface area contributed by atoms with Gasteiger partial charge in [-0.15, -0.1) is 0 Å². The molecule has 5 heteroatoms. The summed E-state index contributed by atoms with van der Waals surface area (Å²) in [6.07, 6.45) is 0.